The van der Waals surface area contributed by atoms with Crippen molar-refractivity contribution in [2.24, 2.45) is 44.8 Å². The Balaban J connectivity index is 1.19. The standard InChI is InChI=1S/C48H66N4O3/c1-43(2)18-20-48(42(53)55-29-31-14-10-8-11-15-31)21-19-47(7)39(36(48)27-43)34(32-24-33(54-30-32)28-52-22-12-9-13-23-52)25-38-45(5)26-35-40(50-51-41(35)49)44(3,4)37(45)16-17-46(38,47)6/h8,10-11,14-15,24,30,36-38H,9,12-13,16-23,25-29H2,1-7H3,(H3,49,50,51)/t36?,37?,38?,45-,46+,47+,48-/m0/s1. The molecule has 3 unspecified atom stereocenters. The molecule has 3 aromatic rings. The number of fused-ring (bicyclic) bond motifs is 8. The van der Waals surface area contributed by atoms with E-state index in [2.05, 4.69) is 88.0 Å². The first-order chi connectivity index (χ1) is 26.1. The maximum atomic E-state index is 14.9. The number of H-pyrrole nitrogens is 1. The molecule has 1 aliphatic heterocycles. The van der Waals surface area contributed by atoms with Crippen molar-refractivity contribution in [1.29, 1.82) is 0 Å². The largest absolute Gasteiger partial charge is 0.467 e. The van der Waals surface area contributed by atoms with Crippen LogP contribution in [0, 0.1) is 44.8 Å². The molecule has 7 heteroatoms. The maximum absolute atomic E-state index is 14.9. The summed E-state index contributed by atoms with van der Waals surface area (Å²) in [4.78, 5) is 17.5. The van der Waals surface area contributed by atoms with Crippen LogP contribution in [0.25, 0.3) is 5.57 Å². The molecule has 0 amide bonds. The lowest BCUT2D eigenvalue weighted by Crippen LogP contribution is -2.65. The fourth-order valence-electron chi connectivity index (χ4n) is 14.3. The lowest BCUT2D eigenvalue weighted by Gasteiger charge is -2.71. The summed E-state index contributed by atoms with van der Waals surface area (Å²) in [6, 6.07) is 12.6. The number of aromatic amines is 1. The molecule has 0 spiro atoms. The van der Waals surface area contributed by atoms with Crippen molar-refractivity contribution in [1.82, 2.24) is 15.1 Å². The number of carbonyl (C=O) groups is 1. The van der Waals surface area contributed by atoms with Gasteiger partial charge >= 0.3 is 5.97 Å². The Kier molecular flexibility index (Phi) is 8.70. The Hall–Kier alpha value is -3.32. The van der Waals surface area contributed by atoms with Gasteiger partial charge in [0, 0.05) is 22.2 Å². The second kappa shape index (κ2) is 12.8. The van der Waals surface area contributed by atoms with E-state index in [1.54, 1.807) is 5.57 Å². The molecular weight excluding hydrogens is 681 g/mol. The number of allylic oxidation sites excluding steroid dienone is 2. The topological polar surface area (TPSA) is 97.4 Å². The summed E-state index contributed by atoms with van der Waals surface area (Å²) in [6.07, 6.45) is 15.1. The number of anilines is 1. The molecule has 1 aromatic carbocycles. The monoisotopic (exact) mass is 747 g/mol. The van der Waals surface area contributed by atoms with Crippen molar-refractivity contribution in [2.75, 3.05) is 18.8 Å². The first-order valence-corrected chi connectivity index (χ1v) is 21.7. The lowest BCUT2D eigenvalue weighted by molar-refractivity contribution is -0.181. The number of nitrogen functional groups attached to an aromatic ring is 1. The van der Waals surface area contributed by atoms with Crippen molar-refractivity contribution in [3.63, 3.8) is 0 Å². The van der Waals surface area contributed by atoms with Crippen LogP contribution in [0.2, 0.25) is 0 Å². The van der Waals surface area contributed by atoms with E-state index in [0.29, 0.717) is 24.3 Å². The number of aromatic nitrogens is 2. The number of nitrogens with two attached hydrogens (primary N) is 1. The maximum Gasteiger partial charge on any atom is 0.313 e. The normalized spacial score (nSPS) is 36.5. The van der Waals surface area contributed by atoms with Crippen molar-refractivity contribution in [3.05, 3.63) is 76.4 Å². The minimum absolute atomic E-state index is 0.0173. The summed E-state index contributed by atoms with van der Waals surface area (Å²) < 4.78 is 13.0. The highest BCUT2D eigenvalue weighted by Crippen LogP contribution is 2.77. The third-order valence-corrected chi connectivity index (χ3v) is 17.4. The van der Waals surface area contributed by atoms with Gasteiger partial charge in [-0.2, -0.15) is 5.10 Å². The minimum atomic E-state index is -0.526. The number of furan rings is 1. The summed E-state index contributed by atoms with van der Waals surface area (Å²) in [6.45, 7) is 21.1. The second-order valence-electron chi connectivity index (χ2n) is 21.1. The quantitative estimate of drug-likeness (QED) is 0.244. The Morgan fingerprint density at radius 1 is 0.964 bits per heavy atom. The molecule has 0 bridgehead atoms. The van der Waals surface area contributed by atoms with E-state index in [-0.39, 0.29) is 39.0 Å². The van der Waals surface area contributed by atoms with Crippen LogP contribution in [0.3, 0.4) is 0 Å². The fourth-order valence-corrected chi connectivity index (χ4v) is 14.3. The van der Waals surface area contributed by atoms with Crippen molar-refractivity contribution in [2.45, 2.75) is 144 Å². The molecule has 3 N–H and O–H groups in total. The predicted molar refractivity (Wildman–Crippen MR) is 219 cm³/mol. The van der Waals surface area contributed by atoms with Crippen LogP contribution in [-0.2, 0) is 34.5 Å². The van der Waals surface area contributed by atoms with Crippen molar-refractivity contribution < 1.29 is 13.9 Å². The highest BCUT2D eigenvalue weighted by molar-refractivity contribution is 5.81. The molecule has 7 nitrogen and oxygen atoms in total. The number of nitrogens with zero attached hydrogens (tertiary/aromatic N) is 2. The Morgan fingerprint density at radius 2 is 1.71 bits per heavy atom. The number of ether oxygens (including phenoxy) is 1. The minimum Gasteiger partial charge on any atom is -0.467 e. The lowest BCUT2D eigenvalue weighted by atomic mass is 9.33. The Bertz CT molecular complexity index is 1980. The van der Waals surface area contributed by atoms with Crippen LogP contribution in [0.4, 0.5) is 5.82 Å². The summed E-state index contributed by atoms with van der Waals surface area (Å²) >= 11 is 0. The molecule has 5 aliphatic carbocycles. The van der Waals surface area contributed by atoms with Crippen LogP contribution < -0.4 is 5.73 Å². The van der Waals surface area contributed by atoms with Crippen molar-refractivity contribution >= 4 is 17.4 Å². The zero-order valence-electron chi connectivity index (χ0n) is 34.8. The van der Waals surface area contributed by atoms with Gasteiger partial charge in [0.2, 0.25) is 0 Å². The Morgan fingerprint density at radius 3 is 2.47 bits per heavy atom. The zero-order valence-corrected chi connectivity index (χ0v) is 34.8. The number of piperidine rings is 1. The van der Waals surface area contributed by atoms with Gasteiger partial charge in [0.25, 0.3) is 0 Å². The third kappa shape index (κ3) is 5.58. The number of carbonyl (C=O) groups excluding carboxylic acids is 1. The van der Waals surface area contributed by atoms with Crippen molar-refractivity contribution in [3.8, 4) is 0 Å². The van der Waals surface area contributed by atoms with Crippen LogP contribution in [0.5, 0.6) is 0 Å². The first-order valence-electron chi connectivity index (χ1n) is 21.7. The molecule has 0 radical (unpaired) electrons. The summed E-state index contributed by atoms with van der Waals surface area (Å²) in [5, 5.41) is 8.00. The third-order valence-electron chi connectivity index (χ3n) is 17.4. The molecule has 4 fully saturated rings. The SMILES string of the molecule is CC1(C)CC[C@]2(C(=O)OCc3ccccc3)CC[C@]3(C)C(=C(c4coc(CN5CCCCC5)c4)CC4[C@@]5(C)Cc6c(N)n[nH]c6C(C)(C)C5CC[C@]43C)C2C1. The highest BCUT2D eigenvalue weighted by atomic mass is 16.5. The van der Waals surface area contributed by atoms with Crippen LogP contribution in [0.15, 0.2) is 52.7 Å². The highest BCUT2D eigenvalue weighted by Gasteiger charge is 2.70. The van der Waals surface area contributed by atoms with Crippen LogP contribution in [-0.4, -0.2) is 34.2 Å². The number of hydrogen-bond donors (Lipinski definition) is 2. The number of hydrogen-bond acceptors (Lipinski definition) is 6. The van der Waals surface area contributed by atoms with Gasteiger partial charge in [-0.3, -0.25) is 14.8 Å². The van der Waals surface area contributed by atoms with Gasteiger partial charge in [-0.15, -0.1) is 0 Å². The van der Waals surface area contributed by atoms with Gasteiger partial charge in [-0.05, 0) is 140 Å². The molecule has 1 saturated heterocycles. The molecule has 55 heavy (non-hydrogen) atoms. The first kappa shape index (κ1) is 37.3. The Labute approximate surface area is 329 Å². The molecule has 3 heterocycles. The van der Waals surface area contributed by atoms with E-state index in [4.69, 9.17) is 14.9 Å². The van der Waals surface area contributed by atoms with E-state index in [1.807, 2.05) is 18.2 Å². The van der Waals surface area contributed by atoms with E-state index in [0.717, 1.165) is 75.9 Å². The van der Waals surface area contributed by atoms with Gasteiger partial charge < -0.3 is 14.9 Å². The molecule has 6 aliphatic rings. The molecule has 7 atom stereocenters. The smallest absolute Gasteiger partial charge is 0.313 e. The van der Waals surface area contributed by atoms with E-state index in [9.17, 15) is 4.79 Å². The second-order valence-corrected chi connectivity index (χ2v) is 21.1. The number of nitrogens with one attached hydrogen (secondary N) is 1. The average Bonchev–Trinajstić information content (AvgIpc) is 3.77. The van der Waals surface area contributed by atoms with E-state index >= 15 is 0 Å². The molecule has 3 saturated carbocycles. The summed E-state index contributed by atoms with van der Waals surface area (Å²) in [7, 11) is 0. The molecule has 296 valence electrons. The van der Waals surface area contributed by atoms with Crippen LogP contribution in [0.1, 0.15) is 147 Å². The summed E-state index contributed by atoms with van der Waals surface area (Å²) in [5.41, 5.74) is 14.0. The molecular formula is C48H66N4O3. The van der Waals surface area contributed by atoms with Gasteiger partial charge in [0.15, 0.2) is 0 Å². The fraction of sp³-hybridized carbons (Fsp3) is 0.667. The zero-order chi connectivity index (χ0) is 38.6. The molecule has 2 aromatic heterocycles. The number of benzene rings is 1. The van der Waals surface area contributed by atoms with E-state index < -0.39 is 5.41 Å². The van der Waals surface area contributed by atoms with Gasteiger partial charge in [-0.25, -0.2) is 0 Å². The predicted octanol–water partition coefficient (Wildman–Crippen LogP) is 10.7. The number of likely N-dealkylation sites (tertiary alicyclic amines) is 1. The summed E-state index contributed by atoms with van der Waals surface area (Å²) in [5.74, 6) is 2.81. The van der Waals surface area contributed by atoms with Gasteiger partial charge in [-0.1, -0.05) is 90.8 Å². The van der Waals surface area contributed by atoms with Gasteiger partial charge in [0.05, 0.1) is 18.2 Å². The molecule has 9 rings (SSSR count). The number of esters is 1. The average molecular weight is 747 g/mol. The van der Waals surface area contributed by atoms with Crippen LogP contribution >= 0.6 is 0 Å². The number of rotatable bonds is 6. The van der Waals surface area contributed by atoms with E-state index in [1.165, 1.54) is 54.5 Å². The van der Waals surface area contributed by atoms with Gasteiger partial charge in [0.1, 0.15) is 18.2 Å².